The van der Waals surface area contributed by atoms with Crippen LogP contribution in [0.1, 0.15) is 17.2 Å². The molecule has 0 fully saturated rings. The first-order chi connectivity index (χ1) is 8.58. The molecule has 0 heterocycles. The molecule has 0 bridgehead atoms. The van der Waals surface area contributed by atoms with Crippen LogP contribution in [0, 0.1) is 0 Å². The maximum atomic E-state index is 6.23. The third-order valence-corrected chi connectivity index (χ3v) is 4.76. The molecule has 4 heteroatoms. The Bertz CT molecular complexity index is 557. The van der Waals surface area contributed by atoms with E-state index in [0.717, 1.165) is 20.9 Å². The van der Waals surface area contributed by atoms with Crippen molar-refractivity contribution in [3.05, 3.63) is 67.6 Å². The van der Waals surface area contributed by atoms with Crippen LogP contribution in [0.2, 0.25) is 5.02 Å². The molecule has 2 aromatic carbocycles. The summed E-state index contributed by atoms with van der Waals surface area (Å²) >= 11 is 12.9. The summed E-state index contributed by atoms with van der Waals surface area (Å²) in [6.45, 7) is 0. The molecule has 1 nitrogen and oxygen atoms in total. The SMILES string of the molecule is NC(Cc1ccccc1Br)c1ccc(Cl)c(Br)c1. The second-order valence-electron chi connectivity index (χ2n) is 4.08. The van der Waals surface area contributed by atoms with E-state index in [2.05, 4.69) is 37.9 Å². The topological polar surface area (TPSA) is 26.0 Å². The average molecular weight is 390 g/mol. The lowest BCUT2D eigenvalue weighted by Gasteiger charge is -2.14. The molecule has 2 N–H and O–H groups in total. The summed E-state index contributed by atoms with van der Waals surface area (Å²) in [5, 5.41) is 0.701. The van der Waals surface area contributed by atoms with Crippen molar-refractivity contribution in [1.29, 1.82) is 0 Å². The van der Waals surface area contributed by atoms with Crippen LogP contribution in [-0.4, -0.2) is 0 Å². The molecule has 2 aromatic rings. The molecule has 0 saturated carbocycles. The fourth-order valence-electron chi connectivity index (χ4n) is 1.76. The average Bonchev–Trinajstić information content (AvgIpc) is 2.35. The lowest BCUT2D eigenvalue weighted by Crippen LogP contribution is -2.13. The maximum absolute atomic E-state index is 6.23. The molecule has 94 valence electrons. The summed E-state index contributed by atoms with van der Waals surface area (Å²) in [4.78, 5) is 0. The quantitative estimate of drug-likeness (QED) is 0.776. The van der Waals surface area contributed by atoms with Crippen molar-refractivity contribution in [3.8, 4) is 0 Å². The Kier molecular flexibility index (Phi) is 4.84. The van der Waals surface area contributed by atoms with Gasteiger partial charge in [0.1, 0.15) is 0 Å². The zero-order chi connectivity index (χ0) is 13.1. The molecular weight excluding hydrogens is 377 g/mol. The van der Waals surface area contributed by atoms with Crippen LogP contribution in [0.3, 0.4) is 0 Å². The summed E-state index contributed by atoms with van der Waals surface area (Å²) in [7, 11) is 0. The van der Waals surface area contributed by atoms with Gasteiger partial charge in [-0.1, -0.05) is 51.8 Å². The molecule has 0 aliphatic carbocycles. The molecular formula is C14H12Br2ClN. The molecule has 0 aliphatic rings. The summed E-state index contributed by atoms with van der Waals surface area (Å²) in [5.41, 5.74) is 8.51. The van der Waals surface area contributed by atoms with Crippen molar-refractivity contribution in [2.24, 2.45) is 5.73 Å². The number of rotatable bonds is 3. The maximum Gasteiger partial charge on any atom is 0.0548 e. The van der Waals surface area contributed by atoms with Crippen molar-refractivity contribution >= 4 is 43.5 Å². The Labute approximate surface area is 129 Å². The molecule has 0 saturated heterocycles. The Hall–Kier alpha value is -0.350. The summed E-state index contributed by atoms with van der Waals surface area (Å²) in [5.74, 6) is 0. The molecule has 0 aromatic heterocycles. The van der Waals surface area contributed by atoms with Gasteiger partial charge in [0.05, 0.1) is 5.02 Å². The van der Waals surface area contributed by atoms with Crippen LogP contribution in [0.25, 0.3) is 0 Å². The number of halogens is 3. The molecule has 0 radical (unpaired) electrons. The fourth-order valence-corrected chi connectivity index (χ4v) is 2.72. The Balaban J connectivity index is 2.19. The van der Waals surface area contributed by atoms with Crippen LogP contribution in [0.4, 0.5) is 0 Å². The van der Waals surface area contributed by atoms with Crippen molar-refractivity contribution < 1.29 is 0 Å². The lowest BCUT2D eigenvalue weighted by molar-refractivity contribution is 0.719. The van der Waals surface area contributed by atoms with Gasteiger partial charge in [-0.25, -0.2) is 0 Å². The van der Waals surface area contributed by atoms with Gasteiger partial charge in [0.2, 0.25) is 0 Å². The predicted octanol–water partition coefficient (Wildman–Crippen LogP) is 5.11. The monoisotopic (exact) mass is 387 g/mol. The number of benzene rings is 2. The number of hydrogen-bond acceptors (Lipinski definition) is 1. The first-order valence-electron chi connectivity index (χ1n) is 5.52. The molecule has 0 amide bonds. The van der Waals surface area contributed by atoms with Crippen LogP contribution in [0.5, 0.6) is 0 Å². The zero-order valence-corrected chi connectivity index (χ0v) is 13.5. The van der Waals surface area contributed by atoms with Gasteiger partial charge < -0.3 is 5.73 Å². The summed E-state index contributed by atoms with van der Waals surface area (Å²) in [6.07, 6.45) is 0.787. The standard InChI is InChI=1S/C14H12Br2ClN/c15-11-4-2-1-3-9(11)8-14(18)10-5-6-13(17)12(16)7-10/h1-7,14H,8,18H2. The van der Waals surface area contributed by atoms with Gasteiger partial charge in [-0.15, -0.1) is 0 Å². The van der Waals surface area contributed by atoms with Gasteiger partial charge in [-0.3, -0.25) is 0 Å². The van der Waals surface area contributed by atoms with E-state index < -0.39 is 0 Å². The Morgan fingerprint density at radius 3 is 2.44 bits per heavy atom. The van der Waals surface area contributed by atoms with E-state index in [0.29, 0.717) is 5.02 Å². The van der Waals surface area contributed by atoms with E-state index in [1.54, 1.807) is 0 Å². The highest BCUT2D eigenvalue weighted by molar-refractivity contribution is 9.10. The molecule has 1 unspecified atom stereocenters. The number of hydrogen-bond donors (Lipinski definition) is 1. The minimum Gasteiger partial charge on any atom is -0.324 e. The van der Waals surface area contributed by atoms with Crippen molar-refractivity contribution in [2.45, 2.75) is 12.5 Å². The lowest BCUT2D eigenvalue weighted by atomic mass is 10.00. The van der Waals surface area contributed by atoms with Crippen molar-refractivity contribution in [3.63, 3.8) is 0 Å². The van der Waals surface area contributed by atoms with Crippen LogP contribution in [0.15, 0.2) is 51.4 Å². The van der Waals surface area contributed by atoms with Gasteiger partial charge >= 0.3 is 0 Å². The predicted molar refractivity (Wildman–Crippen MR) is 83.9 cm³/mol. The second-order valence-corrected chi connectivity index (χ2v) is 6.19. The van der Waals surface area contributed by atoms with Gasteiger partial charge in [0.25, 0.3) is 0 Å². The highest BCUT2D eigenvalue weighted by Crippen LogP contribution is 2.28. The van der Waals surface area contributed by atoms with Gasteiger partial charge in [-0.2, -0.15) is 0 Å². The molecule has 2 rings (SSSR count). The molecule has 1 atom stereocenters. The Morgan fingerprint density at radius 1 is 1.06 bits per heavy atom. The third kappa shape index (κ3) is 3.35. The van der Waals surface area contributed by atoms with E-state index >= 15 is 0 Å². The van der Waals surface area contributed by atoms with E-state index in [1.807, 2.05) is 36.4 Å². The molecule has 0 aliphatic heterocycles. The van der Waals surface area contributed by atoms with Crippen LogP contribution in [-0.2, 0) is 6.42 Å². The van der Waals surface area contributed by atoms with Crippen molar-refractivity contribution in [1.82, 2.24) is 0 Å². The minimum atomic E-state index is -0.0442. The van der Waals surface area contributed by atoms with Crippen molar-refractivity contribution in [2.75, 3.05) is 0 Å². The van der Waals surface area contributed by atoms with Gasteiger partial charge in [0.15, 0.2) is 0 Å². The van der Waals surface area contributed by atoms with E-state index in [4.69, 9.17) is 17.3 Å². The summed E-state index contributed by atoms with van der Waals surface area (Å²) in [6, 6.07) is 13.9. The fraction of sp³-hybridized carbons (Fsp3) is 0.143. The Morgan fingerprint density at radius 2 is 1.78 bits per heavy atom. The normalized spacial score (nSPS) is 12.4. The highest BCUT2D eigenvalue weighted by Gasteiger charge is 2.10. The van der Waals surface area contributed by atoms with Gasteiger partial charge in [0, 0.05) is 15.0 Å². The second kappa shape index (κ2) is 6.20. The van der Waals surface area contributed by atoms with E-state index in [9.17, 15) is 0 Å². The van der Waals surface area contributed by atoms with E-state index in [-0.39, 0.29) is 6.04 Å². The van der Waals surface area contributed by atoms with Crippen LogP contribution >= 0.6 is 43.5 Å². The van der Waals surface area contributed by atoms with Crippen LogP contribution < -0.4 is 5.73 Å². The zero-order valence-electron chi connectivity index (χ0n) is 9.54. The molecule has 0 spiro atoms. The first-order valence-corrected chi connectivity index (χ1v) is 7.48. The molecule has 18 heavy (non-hydrogen) atoms. The third-order valence-electron chi connectivity index (χ3n) is 2.77. The largest absolute Gasteiger partial charge is 0.324 e. The smallest absolute Gasteiger partial charge is 0.0548 e. The first kappa shape index (κ1) is 14.1. The highest BCUT2D eigenvalue weighted by atomic mass is 79.9. The van der Waals surface area contributed by atoms with E-state index in [1.165, 1.54) is 5.56 Å². The number of nitrogens with two attached hydrogens (primary N) is 1. The summed E-state index contributed by atoms with van der Waals surface area (Å²) < 4.78 is 1.97. The van der Waals surface area contributed by atoms with Gasteiger partial charge in [-0.05, 0) is 51.7 Å². The minimum absolute atomic E-state index is 0.0442.